The van der Waals surface area contributed by atoms with E-state index in [0.717, 1.165) is 0 Å². The minimum Gasteiger partial charge on any atom is -0.397 e. The van der Waals surface area contributed by atoms with Crippen molar-refractivity contribution in [3.63, 3.8) is 0 Å². The third-order valence-electron chi connectivity index (χ3n) is 2.79. The van der Waals surface area contributed by atoms with Crippen LogP contribution in [0.4, 0.5) is 11.4 Å². The number of nitrogen functional groups attached to an aromatic ring is 1. The fourth-order valence-corrected chi connectivity index (χ4v) is 3.27. The fourth-order valence-electron chi connectivity index (χ4n) is 1.76. The van der Waals surface area contributed by atoms with Crippen molar-refractivity contribution in [3.05, 3.63) is 35.1 Å². The molecule has 2 rings (SSSR count). The highest BCUT2D eigenvalue weighted by Gasteiger charge is 2.19. The van der Waals surface area contributed by atoms with Gasteiger partial charge in [-0.05, 0) is 31.5 Å². The first-order chi connectivity index (χ1) is 9.33. The molecule has 1 aromatic carbocycles. The lowest BCUT2D eigenvalue weighted by Crippen LogP contribution is -2.14. The number of sulfonamides is 1. The highest BCUT2D eigenvalue weighted by Crippen LogP contribution is 2.27. The number of aromatic nitrogens is 2. The van der Waals surface area contributed by atoms with Gasteiger partial charge in [0, 0.05) is 12.7 Å². The molecule has 0 saturated carbocycles. The molecule has 2 aromatic rings. The summed E-state index contributed by atoms with van der Waals surface area (Å²) in [4.78, 5) is 0.101. The Morgan fingerprint density at radius 1 is 1.45 bits per heavy atom. The van der Waals surface area contributed by atoms with E-state index in [1.54, 1.807) is 17.8 Å². The van der Waals surface area contributed by atoms with E-state index in [9.17, 15) is 8.42 Å². The SMILES string of the molecule is CCn1cc(NS(=O)(=O)c2cc(N)c(Cl)cc2C)cn1. The first-order valence-electron chi connectivity index (χ1n) is 5.94. The fraction of sp³-hybridized carbons (Fsp3) is 0.250. The smallest absolute Gasteiger partial charge is 0.262 e. The van der Waals surface area contributed by atoms with Crippen LogP contribution in [0.3, 0.4) is 0 Å². The Bertz CT molecular complexity index is 740. The maximum atomic E-state index is 12.3. The molecule has 0 atom stereocenters. The summed E-state index contributed by atoms with van der Waals surface area (Å²) in [5.41, 5.74) is 6.82. The number of hydrogen-bond donors (Lipinski definition) is 2. The van der Waals surface area contributed by atoms with Crippen LogP contribution in [0, 0.1) is 6.92 Å². The van der Waals surface area contributed by atoms with Crippen LogP contribution in [0.1, 0.15) is 12.5 Å². The van der Waals surface area contributed by atoms with Crippen LogP contribution >= 0.6 is 11.6 Å². The van der Waals surface area contributed by atoms with Gasteiger partial charge in [0.1, 0.15) is 0 Å². The van der Waals surface area contributed by atoms with Crippen LogP contribution in [0.2, 0.25) is 5.02 Å². The molecule has 0 aliphatic carbocycles. The minimum absolute atomic E-state index is 0.101. The maximum absolute atomic E-state index is 12.3. The standard InChI is InChI=1S/C12H15ClN4O2S/c1-3-17-7-9(6-15-17)16-20(18,19)12-5-11(14)10(13)4-8(12)2/h4-7,16H,3,14H2,1-2H3. The molecule has 0 saturated heterocycles. The average molecular weight is 315 g/mol. The summed E-state index contributed by atoms with van der Waals surface area (Å²) in [7, 11) is -3.72. The lowest BCUT2D eigenvalue weighted by molar-refractivity contribution is 0.600. The molecule has 3 N–H and O–H groups in total. The van der Waals surface area contributed by atoms with E-state index in [1.807, 2.05) is 6.92 Å². The number of hydrogen-bond acceptors (Lipinski definition) is 4. The van der Waals surface area contributed by atoms with Crippen molar-refractivity contribution >= 4 is 33.0 Å². The second-order valence-electron chi connectivity index (χ2n) is 4.33. The normalized spacial score (nSPS) is 11.6. The number of nitrogens with one attached hydrogen (secondary N) is 1. The van der Waals surface area contributed by atoms with Crippen molar-refractivity contribution in [2.75, 3.05) is 10.5 Å². The van der Waals surface area contributed by atoms with Gasteiger partial charge in [0.05, 0.1) is 27.5 Å². The van der Waals surface area contributed by atoms with Gasteiger partial charge in [-0.2, -0.15) is 5.10 Å². The molecule has 6 nitrogen and oxygen atoms in total. The number of aryl methyl sites for hydroxylation is 2. The van der Waals surface area contributed by atoms with Gasteiger partial charge in [-0.15, -0.1) is 0 Å². The molecule has 0 bridgehead atoms. The first-order valence-corrected chi connectivity index (χ1v) is 7.80. The van der Waals surface area contributed by atoms with Gasteiger partial charge in [-0.25, -0.2) is 8.42 Å². The number of nitrogens with zero attached hydrogens (tertiary/aromatic N) is 2. The molecule has 20 heavy (non-hydrogen) atoms. The van der Waals surface area contributed by atoms with E-state index in [4.69, 9.17) is 17.3 Å². The highest BCUT2D eigenvalue weighted by atomic mass is 35.5. The topological polar surface area (TPSA) is 90.0 Å². The number of anilines is 2. The second-order valence-corrected chi connectivity index (χ2v) is 6.39. The zero-order valence-electron chi connectivity index (χ0n) is 11.1. The molecule has 0 spiro atoms. The molecule has 0 fully saturated rings. The van der Waals surface area contributed by atoms with Crippen LogP contribution in [-0.4, -0.2) is 18.2 Å². The van der Waals surface area contributed by atoms with Gasteiger partial charge in [0.15, 0.2) is 0 Å². The minimum atomic E-state index is -3.72. The molecule has 1 heterocycles. The van der Waals surface area contributed by atoms with E-state index < -0.39 is 10.0 Å². The third-order valence-corrected chi connectivity index (χ3v) is 4.64. The van der Waals surface area contributed by atoms with Crippen LogP contribution in [-0.2, 0) is 16.6 Å². The van der Waals surface area contributed by atoms with Gasteiger partial charge in [-0.3, -0.25) is 9.40 Å². The van der Waals surface area contributed by atoms with E-state index in [0.29, 0.717) is 22.8 Å². The summed E-state index contributed by atoms with van der Waals surface area (Å²) in [5.74, 6) is 0. The number of halogens is 1. The number of benzene rings is 1. The molecule has 0 unspecified atom stereocenters. The second kappa shape index (κ2) is 5.34. The average Bonchev–Trinajstić information content (AvgIpc) is 2.80. The van der Waals surface area contributed by atoms with Gasteiger partial charge in [0.2, 0.25) is 0 Å². The Hall–Kier alpha value is -1.73. The van der Waals surface area contributed by atoms with Crippen LogP contribution < -0.4 is 10.5 Å². The zero-order chi connectivity index (χ0) is 14.9. The number of nitrogens with two attached hydrogens (primary N) is 1. The van der Waals surface area contributed by atoms with E-state index in [1.165, 1.54) is 18.3 Å². The Morgan fingerprint density at radius 3 is 2.75 bits per heavy atom. The van der Waals surface area contributed by atoms with Crippen molar-refractivity contribution in [2.24, 2.45) is 0 Å². The van der Waals surface area contributed by atoms with E-state index in [2.05, 4.69) is 9.82 Å². The predicted molar refractivity (Wildman–Crippen MR) is 79.3 cm³/mol. The van der Waals surface area contributed by atoms with Crippen LogP contribution in [0.25, 0.3) is 0 Å². The van der Waals surface area contributed by atoms with Crippen LogP contribution in [0.15, 0.2) is 29.4 Å². The van der Waals surface area contributed by atoms with Crippen molar-refractivity contribution in [3.8, 4) is 0 Å². The zero-order valence-corrected chi connectivity index (χ0v) is 12.7. The predicted octanol–water partition coefficient (Wildman–Crippen LogP) is 2.25. The molecule has 0 aliphatic rings. The maximum Gasteiger partial charge on any atom is 0.262 e. The van der Waals surface area contributed by atoms with Gasteiger partial charge < -0.3 is 5.73 Å². The Kier molecular flexibility index (Phi) is 3.92. The molecule has 108 valence electrons. The lowest BCUT2D eigenvalue weighted by Gasteiger charge is -2.10. The molecular formula is C12H15ClN4O2S. The van der Waals surface area contributed by atoms with Gasteiger partial charge in [0.25, 0.3) is 10.0 Å². The van der Waals surface area contributed by atoms with Crippen molar-refractivity contribution < 1.29 is 8.42 Å². The molecule has 0 radical (unpaired) electrons. The monoisotopic (exact) mass is 314 g/mol. The molecule has 0 aliphatic heterocycles. The summed E-state index contributed by atoms with van der Waals surface area (Å²) in [5, 5.41) is 4.34. The Labute approximate surface area is 122 Å². The highest BCUT2D eigenvalue weighted by molar-refractivity contribution is 7.92. The molecule has 1 aromatic heterocycles. The third kappa shape index (κ3) is 2.88. The molecule has 0 amide bonds. The van der Waals surface area contributed by atoms with Gasteiger partial charge >= 0.3 is 0 Å². The van der Waals surface area contributed by atoms with Crippen LogP contribution in [0.5, 0.6) is 0 Å². The summed E-state index contributed by atoms with van der Waals surface area (Å²) in [6.07, 6.45) is 3.07. The van der Waals surface area contributed by atoms with E-state index in [-0.39, 0.29) is 10.6 Å². The molecular weight excluding hydrogens is 300 g/mol. The molecule has 8 heteroatoms. The van der Waals surface area contributed by atoms with Gasteiger partial charge in [-0.1, -0.05) is 11.6 Å². The van der Waals surface area contributed by atoms with Crippen molar-refractivity contribution in [1.29, 1.82) is 0 Å². The Balaban J connectivity index is 2.37. The largest absolute Gasteiger partial charge is 0.397 e. The lowest BCUT2D eigenvalue weighted by atomic mass is 10.2. The summed E-state index contributed by atoms with van der Waals surface area (Å²) < 4.78 is 28.8. The van der Waals surface area contributed by atoms with Crippen molar-refractivity contribution in [2.45, 2.75) is 25.3 Å². The Morgan fingerprint density at radius 2 is 2.15 bits per heavy atom. The van der Waals surface area contributed by atoms with E-state index >= 15 is 0 Å². The quantitative estimate of drug-likeness (QED) is 0.847. The summed E-state index contributed by atoms with van der Waals surface area (Å²) in [6.45, 7) is 4.24. The summed E-state index contributed by atoms with van der Waals surface area (Å²) in [6, 6.07) is 2.88. The number of rotatable bonds is 4. The summed E-state index contributed by atoms with van der Waals surface area (Å²) >= 11 is 5.86. The first kappa shape index (κ1) is 14.7. The van der Waals surface area contributed by atoms with Crippen molar-refractivity contribution in [1.82, 2.24) is 9.78 Å².